The highest BCUT2D eigenvalue weighted by molar-refractivity contribution is 6.06. The molecule has 4 heteroatoms. The van der Waals surface area contributed by atoms with Crippen LogP contribution in [-0.4, -0.2) is 17.4 Å². The van der Waals surface area contributed by atoms with E-state index in [1.807, 2.05) is 24.3 Å². The minimum Gasteiger partial charge on any atom is -0.308 e. The number of amides is 1. The molecule has 0 saturated carbocycles. The maximum absolute atomic E-state index is 13.8. The molecule has 1 aliphatic rings. The van der Waals surface area contributed by atoms with Crippen LogP contribution in [0.1, 0.15) is 28.8 Å². The predicted octanol–water partition coefficient (Wildman–Crippen LogP) is 3.20. The van der Waals surface area contributed by atoms with Crippen LogP contribution in [0.4, 0.5) is 10.1 Å². The molecular weight excluding hydrogens is 255 g/mol. The summed E-state index contributed by atoms with van der Waals surface area (Å²) in [5.74, 6) is -0.863. The van der Waals surface area contributed by atoms with Crippen LogP contribution in [0.2, 0.25) is 0 Å². The Morgan fingerprint density at radius 3 is 2.90 bits per heavy atom. The van der Waals surface area contributed by atoms with E-state index in [4.69, 9.17) is 0 Å². The first-order valence-corrected chi connectivity index (χ1v) is 6.76. The SMILES string of the molecule is O=C(c1ccncc1F)N1CCCCc2ccccc21. The number of aryl methyl sites for hydroxylation is 1. The number of pyridine rings is 1. The number of hydrogen-bond donors (Lipinski definition) is 0. The Bertz CT molecular complexity index is 642. The van der Waals surface area contributed by atoms with Crippen molar-refractivity contribution in [2.45, 2.75) is 19.3 Å². The minimum absolute atomic E-state index is 0.0803. The summed E-state index contributed by atoms with van der Waals surface area (Å²) >= 11 is 0. The van der Waals surface area contributed by atoms with Crippen LogP contribution < -0.4 is 4.90 Å². The minimum atomic E-state index is -0.570. The van der Waals surface area contributed by atoms with Crippen molar-refractivity contribution in [2.24, 2.45) is 0 Å². The van der Waals surface area contributed by atoms with E-state index in [1.54, 1.807) is 4.90 Å². The molecule has 1 aromatic carbocycles. The van der Waals surface area contributed by atoms with Gasteiger partial charge in [-0.05, 0) is 37.0 Å². The Hall–Kier alpha value is -2.23. The molecule has 20 heavy (non-hydrogen) atoms. The predicted molar refractivity (Wildman–Crippen MR) is 75.3 cm³/mol. The standard InChI is InChI=1S/C16H15FN2O/c17-14-11-18-9-8-13(14)16(20)19-10-4-3-6-12-5-1-2-7-15(12)19/h1-2,5,7-9,11H,3-4,6,10H2. The van der Waals surface area contributed by atoms with Crippen molar-refractivity contribution in [1.29, 1.82) is 0 Å². The third kappa shape index (κ3) is 2.29. The van der Waals surface area contributed by atoms with Crippen molar-refractivity contribution in [2.75, 3.05) is 11.4 Å². The monoisotopic (exact) mass is 270 g/mol. The number of carbonyl (C=O) groups excluding carboxylic acids is 1. The number of aromatic nitrogens is 1. The molecule has 3 rings (SSSR count). The van der Waals surface area contributed by atoms with Crippen LogP contribution in [-0.2, 0) is 6.42 Å². The second-order valence-corrected chi connectivity index (χ2v) is 4.90. The largest absolute Gasteiger partial charge is 0.308 e. The molecule has 0 bridgehead atoms. The summed E-state index contributed by atoms with van der Waals surface area (Å²) in [5, 5.41) is 0. The summed E-state index contributed by atoms with van der Waals surface area (Å²) in [4.78, 5) is 18.0. The topological polar surface area (TPSA) is 33.2 Å². The van der Waals surface area contributed by atoms with Gasteiger partial charge in [0.2, 0.25) is 0 Å². The van der Waals surface area contributed by atoms with E-state index >= 15 is 0 Å². The fourth-order valence-corrected chi connectivity index (χ4v) is 2.60. The molecule has 0 fully saturated rings. The van der Waals surface area contributed by atoms with Gasteiger partial charge in [-0.3, -0.25) is 9.78 Å². The molecule has 0 unspecified atom stereocenters. The molecule has 1 aromatic heterocycles. The van der Waals surface area contributed by atoms with Gasteiger partial charge in [-0.15, -0.1) is 0 Å². The maximum atomic E-state index is 13.8. The molecule has 3 nitrogen and oxygen atoms in total. The lowest BCUT2D eigenvalue weighted by Crippen LogP contribution is -2.32. The number of halogens is 1. The molecule has 0 atom stereocenters. The Kier molecular flexibility index (Phi) is 3.46. The molecule has 1 amide bonds. The first kappa shape index (κ1) is 12.8. The Balaban J connectivity index is 2.02. The van der Waals surface area contributed by atoms with E-state index in [0.717, 1.165) is 36.7 Å². The number of benzene rings is 1. The number of anilines is 1. The molecule has 1 aliphatic heterocycles. The Morgan fingerprint density at radius 2 is 2.05 bits per heavy atom. The van der Waals surface area contributed by atoms with Gasteiger partial charge in [-0.2, -0.15) is 0 Å². The van der Waals surface area contributed by atoms with Crippen molar-refractivity contribution in [3.63, 3.8) is 0 Å². The molecule has 0 N–H and O–H groups in total. The second kappa shape index (κ2) is 5.41. The zero-order valence-electron chi connectivity index (χ0n) is 11.1. The molecule has 0 aliphatic carbocycles. The molecule has 102 valence electrons. The lowest BCUT2D eigenvalue weighted by molar-refractivity contribution is 0.0983. The quantitative estimate of drug-likeness (QED) is 0.797. The summed E-state index contributed by atoms with van der Waals surface area (Å²) < 4.78 is 13.8. The lowest BCUT2D eigenvalue weighted by atomic mass is 10.1. The molecular formula is C16H15FN2O. The fourth-order valence-electron chi connectivity index (χ4n) is 2.60. The molecule has 2 heterocycles. The first-order valence-electron chi connectivity index (χ1n) is 6.76. The smallest absolute Gasteiger partial charge is 0.261 e. The van der Waals surface area contributed by atoms with Crippen molar-refractivity contribution in [3.05, 3.63) is 59.7 Å². The highest BCUT2D eigenvalue weighted by Gasteiger charge is 2.23. The van der Waals surface area contributed by atoms with Crippen LogP contribution in [0.25, 0.3) is 0 Å². The third-order valence-corrected chi connectivity index (χ3v) is 3.61. The van der Waals surface area contributed by atoms with Crippen molar-refractivity contribution in [3.8, 4) is 0 Å². The van der Waals surface area contributed by atoms with Gasteiger partial charge in [0.15, 0.2) is 5.82 Å². The third-order valence-electron chi connectivity index (χ3n) is 3.61. The number of carbonyl (C=O) groups is 1. The summed E-state index contributed by atoms with van der Waals surface area (Å²) in [6, 6.07) is 9.28. The summed E-state index contributed by atoms with van der Waals surface area (Å²) in [6.45, 7) is 0.623. The zero-order valence-corrected chi connectivity index (χ0v) is 11.1. The number of para-hydroxylation sites is 1. The van der Waals surface area contributed by atoms with Crippen LogP contribution in [0.5, 0.6) is 0 Å². The van der Waals surface area contributed by atoms with Gasteiger partial charge < -0.3 is 4.90 Å². The average molecular weight is 270 g/mol. The average Bonchev–Trinajstić information content (AvgIpc) is 2.69. The van der Waals surface area contributed by atoms with Crippen LogP contribution in [0.3, 0.4) is 0 Å². The maximum Gasteiger partial charge on any atom is 0.261 e. The summed E-state index contributed by atoms with van der Waals surface area (Å²) in [6.07, 6.45) is 5.45. The van der Waals surface area contributed by atoms with Crippen LogP contribution in [0.15, 0.2) is 42.7 Å². The first-order chi connectivity index (χ1) is 9.77. The van der Waals surface area contributed by atoms with Gasteiger partial charge >= 0.3 is 0 Å². The van der Waals surface area contributed by atoms with Gasteiger partial charge in [-0.1, -0.05) is 18.2 Å². The van der Waals surface area contributed by atoms with E-state index < -0.39 is 5.82 Å². The van der Waals surface area contributed by atoms with Crippen molar-refractivity contribution < 1.29 is 9.18 Å². The Morgan fingerprint density at radius 1 is 1.20 bits per heavy atom. The van der Waals surface area contributed by atoms with E-state index in [1.165, 1.54) is 12.3 Å². The van der Waals surface area contributed by atoms with Gasteiger partial charge in [0.05, 0.1) is 11.8 Å². The number of hydrogen-bond acceptors (Lipinski definition) is 2. The molecule has 0 radical (unpaired) electrons. The van der Waals surface area contributed by atoms with Crippen LogP contribution >= 0.6 is 0 Å². The number of rotatable bonds is 1. The molecule has 0 saturated heterocycles. The summed E-state index contributed by atoms with van der Waals surface area (Å²) in [7, 11) is 0. The summed E-state index contributed by atoms with van der Waals surface area (Å²) in [5.41, 5.74) is 2.12. The van der Waals surface area contributed by atoms with Gasteiger partial charge in [-0.25, -0.2) is 4.39 Å². The highest BCUT2D eigenvalue weighted by atomic mass is 19.1. The van der Waals surface area contributed by atoms with E-state index in [2.05, 4.69) is 4.98 Å². The molecule has 2 aromatic rings. The molecule has 0 spiro atoms. The van der Waals surface area contributed by atoms with E-state index in [0.29, 0.717) is 6.54 Å². The number of nitrogens with zero attached hydrogens (tertiary/aromatic N) is 2. The van der Waals surface area contributed by atoms with Crippen molar-refractivity contribution >= 4 is 11.6 Å². The Labute approximate surface area is 117 Å². The fraction of sp³-hybridized carbons (Fsp3) is 0.250. The van der Waals surface area contributed by atoms with E-state index in [9.17, 15) is 9.18 Å². The second-order valence-electron chi connectivity index (χ2n) is 4.90. The zero-order chi connectivity index (χ0) is 13.9. The number of fused-ring (bicyclic) bond motifs is 1. The van der Waals surface area contributed by atoms with Gasteiger partial charge in [0, 0.05) is 18.4 Å². The highest BCUT2D eigenvalue weighted by Crippen LogP contribution is 2.27. The lowest BCUT2D eigenvalue weighted by Gasteiger charge is -2.23. The van der Waals surface area contributed by atoms with Gasteiger partial charge in [0.1, 0.15) is 0 Å². The normalized spacial score (nSPS) is 14.6. The van der Waals surface area contributed by atoms with Crippen molar-refractivity contribution in [1.82, 2.24) is 4.98 Å². The van der Waals surface area contributed by atoms with Crippen LogP contribution in [0, 0.1) is 5.82 Å². The van der Waals surface area contributed by atoms with Gasteiger partial charge in [0.25, 0.3) is 5.91 Å². The van der Waals surface area contributed by atoms with E-state index in [-0.39, 0.29) is 11.5 Å².